The molecule has 1 aromatic rings. The summed E-state index contributed by atoms with van der Waals surface area (Å²) in [5.41, 5.74) is 4.26. The maximum atomic E-state index is 12.9. The first-order valence-corrected chi connectivity index (χ1v) is 9.73. The largest absolute Gasteiger partial charge is 0.495 e. The van der Waals surface area contributed by atoms with E-state index in [4.69, 9.17) is 4.74 Å². The summed E-state index contributed by atoms with van der Waals surface area (Å²) in [6.07, 6.45) is 8.45. The molecule has 0 amide bonds. The zero-order valence-electron chi connectivity index (χ0n) is 16.8. The summed E-state index contributed by atoms with van der Waals surface area (Å²) in [4.78, 5) is 14.9. The Hall–Kier alpha value is -1.97. The third-order valence-electron chi connectivity index (χ3n) is 5.58. The second-order valence-corrected chi connectivity index (χ2v) is 8.56. The number of benzene rings is 1. The van der Waals surface area contributed by atoms with Crippen LogP contribution in [0.1, 0.15) is 57.1 Å². The van der Waals surface area contributed by atoms with Crippen molar-refractivity contribution in [3.8, 4) is 5.75 Å². The zero-order valence-corrected chi connectivity index (χ0v) is 16.8. The molecule has 2 aliphatic rings. The zero-order chi connectivity index (χ0) is 18.9. The third-order valence-corrected chi connectivity index (χ3v) is 5.58. The van der Waals surface area contributed by atoms with Gasteiger partial charge in [0.25, 0.3) is 0 Å². The van der Waals surface area contributed by atoms with Gasteiger partial charge in [-0.3, -0.25) is 4.79 Å². The summed E-state index contributed by atoms with van der Waals surface area (Å²) < 4.78 is 5.60. The van der Waals surface area contributed by atoms with E-state index in [-0.39, 0.29) is 17.2 Å². The van der Waals surface area contributed by atoms with Crippen LogP contribution in [0.15, 0.2) is 18.2 Å². The van der Waals surface area contributed by atoms with Crippen molar-refractivity contribution < 1.29 is 9.53 Å². The average molecular weight is 357 g/mol. The summed E-state index contributed by atoms with van der Waals surface area (Å²) in [7, 11) is 5.74. The molecule has 0 bridgehead atoms. The fraction of sp³-hybridized carbons (Fsp3) is 0.591. The number of hydrogen-bond acceptors (Lipinski definition) is 4. The highest BCUT2D eigenvalue weighted by molar-refractivity contribution is 5.99. The Bertz CT molecular complexity index is 713. The van der Waals surface area contributed by atoms with Crippen LogP contribution in [0.5, 0.6) is 5.75 Å². The molecule has 1 heterocycles. The van der Waals surface area contributed by atoms with Crippen LogP contribution in [-0.2, 0) is 11.2 Å². The van der Waals surface area contributed by atoms with Crippen molar-refractivity contribution in [3.63, 3.8) is 0 Å². The van der Waals surface area contributed by atoms with E-state index >= 15 is 0 Å². The number of ketones is 1. The molecule has 0 atom stereocenters. The van der Waals surface area contributed by atoms with E-state index < -0.39 is 0 Å². The highest BCUT2D eigenvalue weighted by Gasteiger charge is 2.30. The Balaban J connectivity index is 2.02. The van der Waals surface area contributed by atoms with E-state index in [9.17, 15) is 4.79 Å². The lowest BCUT2D eigenvalue weighted by molar-refractivity contribution is -0.119. The number of anilines is 1. The SMILES string of the molecule is COc1cc2c(cc1N(C)C)C(=CC(=O)C1CCCCC1)NC(C)(C)C2. The predicted octanol–water partition coefficient (Wildman–Crippen LogP) is 4.18. The van der Waals surface area contributed by atoms with E-state index in [1.807, 2.05) is 20.2 Å². The molecule has 3 rings (SSSR count). The fourth-order valence-electron chi connectivity index (χ4n) is 4.23. The average Bonchev–Trinajstić information content (AvgIpc) is 2.60. The Morgan fingerprint density at radius 2 is 1.92 bits per heavy atom. The van der Waals surface area contributed by atoms with Crippen LogP contribution in [0.3, 0.4) is 0 Å². The first-order valence-electron chi connectivity index (χ1n) is 9.73. The maximum absolute atomic E-state index is 12.9. The van der Waals surface area contributed by atoms with E-state index in [1.54, 1.807) is 7.11 Å². The van der Waals surface area contributed by atoms with Crippen LogP contribution in [0, 0.1) is 5.92 Å². The molecular formula is C22H32N2O2. The normalized spacial score (nSPS) is 21.0. The topological polar surface area (TPSA) is 41.6 Å². The molecule has 1 N–H and O–H groups in total. The van der Waals surface area contributed by atoms with Gasteiger partial charge in [0.1, 0.15) is 5.75 Å². The van der Waals surface area contributed by atoms with E-state index in [1.165, 1.54) is 24.8 Å². The van der Waals surface area contributed by atoms with Gasteiger partial charge in [0.05, 0.1) is 12.8 Å². The van der Waals surface area contributed by atoms with Crippen LogP contribution in [0.25, 0.3) is 5.70 Å². The second-order valence-electron chi connectivity index (χ2n) is 8.56. The third kappa shape index (κ3) is 3.89. The molecule has 1 fully saturated rings. The van der Waals surface area contributed by atoms with Crippen molar-refractivity contribution in [2.45, 2.75) is 57.9 Å². The van der Waals surface area contributed by atoms with Crippen LogP contribution in [0.4, 0.5) is 5.69 Å². The molecule has 4 nitrogen and oxygen atoms in total. The fourth-order valence-corrected chi connectivity index (χ4v) is 4.23. The van der Waals surface area contributed by atoms with E-state index in [0.717, 1.165) is 42.0 Å². The summed E-state index contributed by atoms with van der Waals surface area (Å²) in [5.74, 6) is 1.35. The summed E-state index contributed by atoms with van der Waals surface area (Å²) in [6, 6.07) is 4.28. The first kappa shape index (κ1) is 18.8. The minimum Gasteiger partial charge on any atom is -0.495 e. The van der Waals surface area contributed by atoms with Gasteiger partial charge in [-0.2, -0.15) is 0 Å². The molecule has 1 aliphatic carbocycles. The Labute approximate surface area is 157 Å². The van der Waals surface area contributed by atoms with E-state index in [0.29, 0.717) is 0 Å². The van der Waals surface area contributed by atoms with Crippen molar-refractivity contribution in [1.82, 2.24) is 5.32 Å². The molecule has 1 aromatic carbocycles. The Morgan fingerprint density at radius 1 is 1.23 bits per heavy atom. The number of hydrogen-bond donors (Lipinski definition) is 1. The molecule has 26 heavy (non-hydrogen) atoms. The molecule has 0 spiro atoms. The molecule has 4 heteroatoms. The minimum absolute atomic E-state index is 0.0870. The molecule has 0 saturated heterocycles. The summed E-state index contributed by atoms with van der Waals surface area (Å²) in [6.45, 7) is 4.36. The Morgan fingerprint density at radius 3 is 2.54 bits per heavy atom. The molecule has 0 aromatic heterocycles. The number of nitrogens with one attached hydrogen (secondary N) is 1. The van der Waals surface area contributed by atoms with Crippen molar-refractivity contribution in [2.24, 2.45) is 5.92 Å². The van der Waals surface area contributed by atoms with Gasteiger partial charge in [-0.15, -0.1) is 0 Å². The number of rotatable bonds is 4. The lowest BCUT2D eigenvalue weighted by Gasteiger charge is -2.36. The number of fused-ring (bicyclic) bond motifs is 1. The van der Waals surface area contributed by atoms with Crippen molar-refractivity contribution in [1.29, 1.82) is 0 Å². The number of carbonyl (C=O) groups is 1. The number of allylic oxidation sites excluding steroid dienone is 1. The lowest BCUT2D eigenvalue weighted by Crippen LogP contribution is -2.44. The quantitative estimate of drug-likeness (QED) is 0.822. The molecule has 0 radical (unpaired) electrons. The molecule has 0 unspecified atom stereocenters. The molecular weight excluding hydrogens is 324 g/mol. The standard InChI is InChI=1S/C22H32N2O2/c1-22(2)14-16-11-21(26-5)19(24(3)4)12-17(16)18(23-22)13-20(25)15-9-7-6-8-10-15/h11-13,15,23H,6-10,14H2,1-5H3. The van der Waals surface area contributed by atoms with Gasteiger partial charge in [-0.05, 0) is 50.8 Å². The van der Waals surface area contributed by atoms with E-state index in [2.05, 4.69) is 36.2 Å². The smallest absolute Gasteiger partial charge is 0.160 e. The monoisotopic (exact) mass is 356 g/mol. The summed E-state index contributed by atoms with van der Waals surface area (Å²) >= 11 is 0. The van der Waals surface area contributed by atoms with Gasteiger partial charge >= 0.3 is 0 Å². The van der Waals surface area contributed by atoms with Gasteiger partial charge in [0.15, 0.2) is 5.78 Å². The van der Waals surface area contributed by atoms with Gasteiger partial charge < -0.3 is 15.0 Å². The number of methoxy groups -OCH3 is 1. The van der Waals surface area contributed by atoms with Gasteiger partial charge in [-0.25, -0.2) is 0 Å². The van der Waals surface area contributed by atoms with Crippen LogP contribution >= 0.6 is 0 Å². The van der Waals surface area contributed by atoms with Crippen molar-refractivity contribution >= 4 is 17.2 Å². The van der Waals surface area contributed by atoms with Gasteiger partial charge in [-0.1, -0.05) is 19.3 Å². The number of nitrogens with zero attached hydrogens (tertiary/aromatic N) is 1. The van der Waals surface area contributed by atoms with Crippen LogP contribution < -0.4 is 15.0 Å². The molecule has 1 aliphatic heterocycles. The Kier molecular flexibility index (Phi) is 5.31. The highest BCUT2D eigenvalue weighted by atomic mass is 16.5. The first-order chi connectivity index (χ1) is 12.3. The number of carbonyl (C=O) groups excluding carboxylic acids is 1. The lowest BCUT2D eigenvalue weighted by atomic mass is 9.83. The second kappa shape index (κ2) is 7.34. The van der Waals surface area contributed by atoms with Crippen molar-refractivity contribution in [2.75, 3.05) is 26.1 Å². The number of ether oxygens (including phenoxy) is 1. The van der Waals surface area contributed by atoms with Gasteiger partial charge in [0, 0.05) is 42.9 Å². The van der Waals surface area contributed by atoms with Crippen LogP contribution in [0.2, 0.25) is 0 Å². The van der Waals surface area contributed by atoms with Crippen molar-refractivity contribution in [3.05, 3.63) is 29.3 Å². The highest BCUT2D eigenvalue weighted by Crippen LogP contribution is 2.38. The molecule has 1 saturated carbocycles. The summed E-state index contributed by atoms with van der Waals surface area (Å²) in [5, 5.41) is 3.60. The predicted molar refractivity (Wildman–Crippen MR) is 108 cm³/mol. The molecule has 142 valence electrons. The maximum Gasteiger partial charge on any atom is 0.160 e. The van der Waals surface area contributed by atoms with Gasteiger partial charge in [0.2, 0.25) is 0 Å². The van der Waals surface area contributed by atoms with Crippen LogP contribution in [-0.4, -0.2) is 32.5 Å². The minimum atomic E-state index is -0.0870.